The van der Waals surface area contributed by atoms with Crippen LogP contribution in [0.3, 0.4) is 0 Å². The minimum absolute atomic E-state index is 0.241. The number of nitrogens with zero attached hydrogens (tertiary/aromatic N) is 3. The van der Waals surface area contributed by atoms with Crippen molar-refractivity contribution in [3.8, 4) is 0 Å². The molecule has 1 aliphatic rings. The molecule has 0 aliphatic carbocycles. The predicted octanol–water partition coefficient (Wildman–Crippen LogP) is 0.680. The molecule has 1 unspecified atom stereocenters. The fraction of sp³-hybridized carbons (Fsp3) is 0.722. The third-order valence-electron chi connectivity index (χ3n) is 4.57. The van der Waals surface area contributed by atoms with Crippen molar-refractivity contribution in [2.75, 3.05) is 58.9 Å². The normalized spacial score (nSPS) is 19.6. The van der Waals surface area contributed by atoms with Gasteiger partial charge in [0, 0.05) is 45.8 Å². The van der Waals surface area contributed by atoms with Crippen LogP contribution in [0.5, 0.6) is 0 Å². The first-order chi connectivity index (χ1) is 12.0. The molecule has 0 saturated carbocycles. The zero-order valence-corrected chi connectivity index (χ0v) is 15.8. The number of piperazine rings is 1. The van der Waals surface area contributed by atoms with Crippen LogP contribution < -0.4 is 10.6 Å². The largest absolute Gasteiger partial charge is 0.466 e. The molecule has 1 aromatic heterocycles. The topological polar surface area (TPSA) is 76.3 Å². The van der Waals surface area contributed by atoms with E-state index in [9.17, 15) is 5.11 Å². The highest BCUT2D eigenvalue weighted by molar-refractivity contribution is 5.79. The Morgan fingerprint density at radius 2 is 1.96 bits per heavy atom. The smallest absolute Gasteiger partial charge is 0.191 e. The van der Waals surface area contributed by atoms with E-state index >= 15 is 0 Å². The molecule has 1 atom stereocenters. The van der Waals surface area contributed by atoms with Gasteiger partial charge in [0.2, 0.25) is 0 Å². The van der Waals surface area contributed by atoms with E-state index < -0.39 is 5.60 Å². The Hall–Kier alpha value is -1.57. The van der Waals surface area contributed by atoms with Gasteiger partial charge in [-0.15, -0.1) is 0 Å². The lowest BCUT2D eigenvalue weighted by atomic mass is 10.0. The fourth-order valence-corrected chi connectivity index (χ4v) is 2.90. The van der Waals surface area contributed by atoms with Crippen LogP contribution in [-0.4, -0.2) is 79.8 Å². The maximum atomic E-state index is 10.5. The summed E-state index contributed by atoms with van der Waals surface area (Å²) < 4.78 is 5.30. The van der Waals surface area contributed by atoms with Gasteiger partial charge in [0.1, 0.15) is 11.4 Å². The number of rotatable bonds is 8. The first-order valence-electron chi connectivity index (χ1n) is 9.28. The van der Waals surface area contributed by atoms with E-state index in [2.05, 4.69) is 32.3 Å². The van der Waals surface area contributed by atoms with Gasteiger partial charge in [-0.05, 0) is 32.5 Å². The Bertz CT molecular complexity index is 508. The average molecular weight is 351 g/mol. The first kappa shape index (κ1) is 19.8. The summed E-state index contributed by atoms with van der Waals surface area (Å²) in [5.41, 5.74) is -1.11. The van der Waals surface area contributed by atoms with Gasteiger partial charge in [-0.25, -0.2) is 4.99 Å². The summed E-state index contributed by atoms with van der Waals surface area (Å²) in [6, 6.07) is 3.54. The van der Waals surface area contributed by atoms with E-state index in [1.54, 1.807) is 25.3 Å². The van der Waals surface area contributed by atoms with Gasteiger partial charge in [0.25, 0.3) is 0 Å². The fourth-order valence-electron chi connectivity index (χ4n) is 2.90. The molecular weight excluding hydrogens is 318 g/mol. The van der Waals surface area contributed by atoms with E-state index in [4.69, 9.17) is 4.42 Å². The minimum atomic E-state index is -1.11. The second kappa shape index (κ2) is 9.79. The van der Waals surface area contributed by atoms with E-state index in [0.717, 1.165) is 58.3 Å². The molecule has 1 aromatic rings. The van der Waals surface area contributed by atoms with Crippen molar-refractivity contribution < 1.29 is 9.52 Å². The molecule has 0 amide bonds. The monoisotopic (exact) mass is 351 g/mol. The standard InChI is InChI=1S/C18H33N5O2/c1-4-19-17(21-15-18(3,24)16-7-6-14-25-16)20-8-9-23-12-10-22(5-2)11-13-23/h6-7,14,24H,4-5,8-13,15H2,1-3H3,(H2,19,20,21). The number of aliphatic hydroxyl groups is 1. The van der Waals surface area contributed by atoms with Crippen molar-refractivity contribution in [3.05, 3.63) is 24.2 Å². The molecule has 7 heteroatoms. The zero-order chi connectivity index (χ0) is 18.1. The number of guanidine groups is 1. The van der Waals surface area contributed by atoms with Crippen LogP contribution in [0.15, 0.2) is 27.8 Å². The molecule has 142 valence electrons. The van der Waals surface area contributed by atoms with Crippen LogP contribution in [0.25, 0.3) is 0 Å². The number of furan rings is 1. The second-order valence-electron chi connectivity index (χ2n) is 6.65. The summed E-state index contributed by atoms with van der Waals surface area (Å²) in [6.07, 6.45) is 1.56. The number of hydrogen-bond acceptors (Lipinski definition) is 5. The van der Waals surface area contributed by atoms with E-state index in [1.807, 2.05) is 6.92 Å². The van der Waals surface area contributed by atoms with Gasteiger partial charge in [-0.3, -0.25) is 4.90 Å². The lowest BCUT2D eigenvalue weighted by Gasteiger charge is -2.34. The molecule has 0 radical (unpaired) electrons. The molecule has 0 spiro atoms. The molecule has 2 heterocycles. The predicted molar refractivity (Wildman–Crippen MR) is 101 cm³/mol. The van der Waals surface area contributed by atoms with Crippen molar-refractivity contribution in [3.63, 3.8) is 0 Å². The second-order valence-corrected chi connectivity index (χ2v) is 6.65. The van der Waals surface area contributed by atoms with Crippen LogP contribution in [0.4, 0.5) is 0 Å². The van der Waals surface area contributed by atoms with E-state index in [-0.39, 0.29) is 6.54 Å². The molecule has 2 rings (SSSR count). The third-order valence-corrected chi connectivity index (χ3v) is 4.57. The first-order valence-corrected chi connectivity index (χ1v) is 9.28. The molecule has 1 aliphatic heterocycles. The van der Waals surface area contributed by atoms with Gasteiger partial charge < -0.3 is 25.1 Å². The molecule has 0 aromatic carbocycles. The summed E-state index contributed by atoms with van der Waals surface area (Å²) in [4.78, 5) is 9.46. The number of likely N-dealkylation sites (N-methyl/N-ethyl adjacent to an activating group) is 1. The van der Waals surface area contributed by atoms with Crippen molar-refractivity contribution in [1.82, 2.24) is 20.4 Å². The maximum absolute atomic E-state index is 10.5. The average Bonchev–Trinajstić information content (AvgIpc) is 3.16. The molecule has 1 saturated heterocycles. The van der Waals surface area contributed by atoms with Gasteiger partial charge in [0.15, 0.2) is 5.96 Å². The van der Waals surface area contributed by atoms with Crippen LogP contribution in [0, 0.1) is 0 Å². The van der Waals surface area contributed by atoms with E-state index in [0.29, 0.717) is 5.76 Å². The molecule has 3 N–H and O–H groups in total. The Morgan fingerprint density at radius 1 is 1.24 bits per heavy atom. The molecule has 0 bridgehead atoms. The van der Waals surface area contributed by atoms with Crippen LogP contribution >= 0.6 is 0 Å². The third kappa shape index (κ3) is 6.34. The highest BCUT2D eigenvalue weighted by Gasteiger charge is 2.26. The lowest BCUT2D eigenvalue weighted by Crippen LogP contribution is -2.49. The van der Waals surface area contributed by atoms with Crippen molar-refractivity contribution in [2.24, 2.45) is 4.99 Å². The van der Waals surface area contributed by atoms with Gasteiger partial charge in [-0.2, -0.15) is 0 Å². The van der Waals surface area contributed by atoms with Crippen LogP contribution in [0.1, 0.15) is 26.5 Å². The number of nitrogens with one attached hydrogen (secondary N) is 2. The highest BCUT2D eigenvalue weighted by Crippen LogP contribution is 2.20. The van der Waals surface area contributed by atoms with Crippen LogP contribution in [0.2, 0.25) is 0 Å². The summed E-state index contributed by atoms with van der Waals surface area (Å²) in [5, 5.41) is 17.1. The molecule has 1 fully saturated rings. The van der Waals surface area contributed by atoms with Crippen molar-refractivity contribution in [1.29, 1.82) is 0 Å². The summed E-state index contributed by atoms with van der Waals surface area (Å²) in [5.74, 6) is 1.25. The quantitative estimate of drug-likeness (QED) is 0.472. The lowest BCUT2D eigenvalue weighted by molar-refractivity contribution is 0.0437. The van der Waals surface area contributed by atoms with Crippen molar-refractivity contribution >= 4 is 5.96 Å². The zero-order valence-electron chi connectivity index (χ0n) is 15.8. The number of aliphatic imine (C=N–C) groups is 1. The maximum Gasteiger partial charge on any atom is 0.191 e. The van der Waals surface area contributed by atoms with Gasteiger partial charge in [0.05, 0.1) is 12.8 Å². The Balaban J connectivity index is 1.78. The number of hydrogen-bond donors (Lipinski definition) is 3. The Morgan fingerprint density at radius 3 is 2.56 bits per heavy atom. The summed E-state index contributed by atoms with van der Waals surface area (Å²) in [6.45, 7) is 14.5. The molecule has 7 nitrogen and oxygen atoms in total. The summed E-state index contributed by atoms with van der Waals surface area (Å²) >= 11 is 0. The Labute approximate surface area is 151 Å². The Kier molecular flexibility index (Phi) is 7.74. The highest BCUT2D eigenvalue weighted by atomic mass is 16.4. The summed E-state index contributed by atoms with van der Waals surface area (Å²) in [7, 11) is 0. The van der Waals surface area contributed by atoms with Crippen molar-refractivity contribution in [2.45, 2.75) is 26.4 Å². The van der Waals surface area contributed by atoms with Gasteiger partial charge in [-0.1, -0.05) is 6.92 Å². The minimum Gasteiger partial charge on any atom is -0.466 e. The van der Waals surface area contributed by atoms with Gasteiger partial charge >= 0.3 is 0 Å². The van der Waals surface area contributed by atoms with Crippen LogP contribution in [-0.2, 0) is 5.60 Å². The molecule has 25 heavy (non-hydrogen) atoms. The SMILES string of the molecule is CCNC(=NCC(C)(O)c1ccco1)NCCN1CCN(CC)CC1. The van der Waals surface area contributed by atoms with E-state index in [1.165, 1.54) is 0 Å². The molecular formula is C18H33N5O2.